The zero-order chi connectivity index (χ0) is 15.7. The highest BCUT2D eigenvalue weighted by Gasteiger charge is 2.42. The molecule has 0 saturated heterocycles. The summed E-state index contributed by atoms with van der Waals surface area (Å²) in [7, 11) is 3.03. The summed E-state index contributed by atoms with van der Waals surface area (Å²) in [4.78, 5) is 0. The summed E-state index contributed by atoms with van der Waals surface area (Å²) < 4.78 is 16.3. The van der Waals surface area contributed by atoms with Gasteiger partial charge in [-0.1, -0.05) is 30.3 Å². The summed E-state index contributed by atoms with van der Waals surface area (Å²) in [6.07, 6.45) is -0.924. The number of hydrogen-bond donors (Lipinski definition) is 2. The van der Waals surface area contributed by atoms with E-state index < -0.39 is 11.9 Å². The van der Waals surface area contributed by atoms with Gasteiger partial charge in [0.15, 0.2) is 11.5 Å². The van der Waals surface area contributed by atoms with Crippen molar-refractivity contribution < 1.29 is 24.4 Å². The van der Waals surface area contributed by atoms with E-state index in [-0.39, 0.29) is 6.42 Å². The average Bonchev–Trinajstić information content (AvgIpc) is 2.54. The number of ether oxygens (including phenoxy) is 3. The molecule has 3 rings (SSSR count). The van der Waals surface area contributed by atoms with E-state index >= 15 is 0 Å². The van der Waals surface area contributed by atoms with E-state index in [4.69, 9.17) is 14.2 Å². The first-order chi connectivity index (χ1) is 10.6. The summed E-state index contributed by atoms with van der Waals surface area (Å²) in [5.41, 5.74) is 1.08. The Hall–Kier alpha value is -2.24. The highest BCUT2D eigenvalue weighted by molar-refractivity contribution is 5.56. The molecule has 0 bridgehead atoms. The number of aliphatic hydroxyl groups is 2. The van der Waals surface area contributed by atoms with Crippen molar-refractivity contribution in [2.45, 2.75) is 18.3 Å². The molecule has 116 valence electrons. The molecule has 2 N–H and O–H groups in total. The lowest BCUT2D eigenvalue weighted by atomic mass is 9.91. The molecule has 5 heteroatoms. The third kappa shape index (κ3) is 2.28. The first-order valence-electron chi connectivity index (χ1n) is 6.99. The molecule has 0 saturated carbocycles. The minimum absolute atomic E-state index is 0.00748. The van der Waals surface area contributed by atoms with E-state index in [1.54, 1.807) is 24.3 Å². The average molecular weight is 302 g/mol. The Morgan fingerprint density at radius 3 is 2.45 bits per heavy atom. The maximum Gasteiger partial charge on any atom is 0.237 e. The Morgan fingerprint density at radius 1 is 1.09 bits per heavy atom. The zero-order valence-electron chi connectivity index (χ0n) is 12.4. The fourth-order valence-corrected chi connectivity index (χ4v) is 2.80. The second-order valence-corrected chi connectivity index (χ2v) is 5.19. The van der Waals surface area contributed by atoms with Crippen LogP contribution in [0.5, 0.6) is 17.2 Å². The molecule has 0 radical (unpaired) electrons. The number of methoxy groups -OCH3 is 2. The standard InChI is InChI=1S/C17H18O5/c1-20-14-9-8-13-15(16(14)21-2)12(18)10-17(19,22-13)11-6-4-3-5-7-11/h3-9,12,18-19H,10H2,1-2H3. The molecule has 2 aromatic carbocycles. The summed E-state index contributed by atoms with van der Waals surface area (Å²) in [6, 6.07) is 12.3. The Labute approximate surface area is 128 Å². The third-order valence-corrected chi connectivity index (χ3v) is 3.85. The zero-order valence-corrected chi connectivity index (χ0v) is 12.4. The number of hydrogen-bond acceptors (Lipinski definition) is 5. The van der Waals surface area contributed by atoms with E-state index in [1.807, 2.05) is 18.2 Å². The second-order valence-electron chi connectivity index (χ2n) is 5.19. The van der Waals surface area contributed by atoms with Gasteiger partial charge in [-0.15, -0.1) is 0 Å². The third-order valence-electron chi connectivity index (χ3n) is 3.85. The van der Waals surface area contributed by atoms with Crippen LogP contribution in [0.1, 0.15) is 23.7 Å². The predicted molar refractivity (Wildman–Crippen MR) is 80.1 cm³/mol. The molecule has 2 unspecified atom stereocenters. The lowest BCUT2D eigenvalue weighted by Gasteiger charge is -2.37. The molecular formula is C17H18O5. The molecule has 2 atom stereocenters. The first kappa shape index (κ1) is 14.7. The van der Waals surface area contributed by atoms with Gasteiger partial charge in [-0.05, 0) is 12.1 Å². The van der Waals surface area contributed by atoms with Gasteiger partial charge in [0, 0.05) is 12.0 Å². The second kappa shape index (κ2) is 5.51. The Bertz CT molecular complexity index is 670. The van der Waals surface area contributed by atoms with Crippen LogP contribution in [0.25, 0.3) is 0 Å². The van der Waals surface area contributed by atoms with Crippen molar-refractivity contribution in [2.75, 3.05) is 14.2 Å². The number of aliphatic hydroxyl groups excluding tert-OH is 1. The van der Waals surface area contributed by atoms with Crippen LogP contribution in [0, 0.1) is 0 Å². The van der Waals surface area contributed by atoms with E-state index in [0.717, 1.165) is 0 Å². The van der Waals surface area contributed by atoms with Crippen molar-refractivity contribution >= 4 is 0 Å². The lowest BCUT2D eigenvalue weighted by Crippen LogP contribution is -2.38. The molecule has 1 aliphatic heterocycles. The maximum atomic E-state index is 10.8. The summed E-state index contributed by atoms with van der Waals surface area (Å²) in [5, 5.41) is 21.3. The van der Waals surface area contributed by atoms with Crippen LogP contribution in [0.4, 0.5) is 0 Å². The van der Waals surface area contributed by atoms with Crippen molar-refractivity contribution in [3.63, 3.8) is 0 Å². The Kier molecular flexibility index (Phi) is 3.68. The Balaban J connectivity index is 2.07. The summed E-state index contributed by atoms with van der Waals surface area (Å²) in [6.45, 7) is 0. The van der Waals surface area contributed by atoms with E-state index in [0.29, 0.717) is 28.4 Å². The van der Waals surface area contributed by atoms with Gasteiger partial charge in [0.2, 0.25) is 5.79 Å². The van der Waals surface area contributed by atoms with E-state index in [2.05, 4.69) is 0 Å². The van der Waals surface area contributed by atoms with Crippen molar-refractivity contribution in [3.05, 3.63) is 53.6 Å². The largest absolute Gasteiger partial charge is 0.493 e. The van der Waals surface area contributed by atoms with Crippen LogP contribution >= 0.6 is 0 Å². The van der Waals surface area contributed by atoms with Gasteiger partial charge < -0.3 is 24.4 Å². The molecule has 1 aliphatic rings. The highest BCUT2D eigenvalue weighted by Crippen LogP contribution is 2.49. The topological polar surface area (TPSA) is 68.2 Å². The lowest BCUT2D eigenvalue weighted by molar-refractivity contribution is -0.181. The number of rotatable bonds is 3. The molecule has 0 aliphatic carbocycles. The van der Waals surface area contributed by atoms with Gasteiger partial charge >= 0.3 is 0 Å². The van der Waals surface area contributed by atoms with Gasteiger partial charge in [0.25, 0.3) is 0 Å². The van der Waals surface area contributed by atoms with Gasteiger partial charge in [-0.2, -0.15) is 0 Å². The van der Waals surface area contributed by atoms with Crippen LogP contribution in [0.2, 0.25) is 0 Å². The molecule has 0 amide bonds. The van der Waals surface area contributed by atoms with Crippen LogP contribution in [0.15, 0.2) is 42.5 Å². The normalized spacial score (nSPS) is 23.4. The Morgan fingerprint density at radius 2 is 1.82 bits per heavy atom. The molecule has 0 fully saturated rings. The summed E-state index contributed by atoms with van der Waals surface area (Å²) in [5.74, 6) is -0.271. The van der Waals surface area contributed by atoms with Crippen molar-refractivity contribution in [1.82, 2.24) is 0 Å². The van der Waals surface area contributed by atoms with E-state index in [9.17, 15) is 10.2 Å². The molecule has 5 nitrogen and oxygen atoms in total. The molecule has 1 heterocycles. The molecular weight excluding hydrogens is 284 g/mol. The quantitative estimate of drug-likeness (QED) is 0.911. The smallest absolute Gasteiger partial charge is 0.237 e. The monoisotopic (exact) mass is 302 g/mol. The van der Waals surface area contributed by atoms with Gasteiger partial charge in [0.1, 0.15) is 5.75 Å². The van der Waals surface area contributed by atoms with Gasteiger partial charge in [-0.25, -0.2) is 0 Å². The first-order valence-corrected chi connectivity index (χ1v) is 6.99. The van der Waals surface area contributed by atoms with Crippen molar-refractivity contribution in [2.24, 2.45) is 0 Å². The van der Waals surface area contributed by atoms with Crippen LogP contribution < -0.4 is 14.2 Å². The fraction of sp³-hybridized carbons (Fsp3) is 0.294. The molecule has 0 spiro atoms. The van der Waals surface area contributed by atoms with Gasteiger partial charge in [-0.3, -0.25) is 0 Å². The van der Waals surface area contributed by atoms with Crippen LogP contribution in [-0.4, -0.2) is 24.4 Å². The molecule has 0 aromatic heterocycles. The summed E-state index contributed by atoms with van der Waals surface area (Å²) >= 11 is 0. The highest BCUT2D eigenvalue weighted by atomic mass is 16.6. The van der Waals surface area contributed by atoms with Crippen molar-refractivity contribution in [1.29, 1.82) is 0 Å². The van der Waals surface area contributed by atoms with E-state index in [1.165, 1.54) is 14.2 Å². The molecule has 22 heavy (non-hydrogen) atoms. The maximum absolute atomic E-state index is 10.8. The van der Waals surface area contributed by atoms with Gasteiger partial charge in [0.05, 0.1) is 25.9 Å². The predicted octanol–water partition coefficient (Wildman–Crippen LogP) is 2.37. The SMILES string of the molecule is COc1ccc2c(c1OC)C(O)CC(O)(c1ccccc1)O2. The molecule has 2 aromatic rings. The number of fused-ring (bicyclic) bond motifs is 1. The van der Waals surface area contributed by atoms with Crippen molar-refractivity contribution in [3.8, 4) is 17.2 Å². The minimum atomic E-state index is -1.58. The minimum Gasteiger partial charge on any atom is -0.493 e. The van der Waals surface area contributed by atoms with Crippen LogP contribution in [0.3, 0.4) is 0 Å². The number of benzene rings is 2. The fourth-order valence-electron chi connectivity index (χ4n) is 2.80. The van der Waals surface area contributed by atoms with Crippen LogP contribution in [-0.2, 0) is 5.79 Å².